The fourth-order valence-electron chi connectivity index (χ4n) is 2.26. The first-order valence-electron chi connectivity index (χ1n) is 6.96. The summed E-state index contributed by atoms with van der Waals surface area (Å²) in [6.45, 7) is 7.79. The Bertz CT molecular complexity index is 251. The number of rotatable bonds is 6. The average molecular weight is 384 g/mol. The van der Waals surface area contributed by atoms with Gasteiger partial charge in [-0.2, -0.15) is 0 Å². The number of guanidine groups is 1. The van der Waals surface area contributed by atoms with Crippen LogP contribution in [0.5, 0.6) is 0 Å². The summed E-state index contributed by atoms with van der Waals surface area (Å²) >= 11 is 0. The van der Waals surface area contributed by atoms with Crippen LogP contribution in [0.15, 0.2) is 4.99 Å². The predicted octanol–water partition coefficient (Wildman–Crippen LogP) is 1.15. The molecule has 1 rings (SSSR count). The van der Waals surface area contributed by atoms with E-state index in [1.807, 2.05) is 0 Å². The molecular formula is C13H29IN4O. The van der Waals surface area contributed by atoms with E-state index in [-0.39, 0.29) is 24.0 Å². The first kappa shape index (κ1) is 18.9. The van der Waals surface area contributed by atoms with Gasteiger partial charge in [-0.3, -0.25) is 4.99 Å². The van der Waals surface area contributed by atoms with Crippen LogP contribution in [0.4, 0.5) is 0 Å². The first-order chi connectivity index (χ1) is 8.76. The van der Waals surface area contributed by atoms with Gasteiger partial charge in [-0.1, -0.05) is 0 Å². The van der Waals surface area contributed by atoms with E-state index in [1.165, 1.54) is 25.9 Å². The van der Waals surface area contributed by atoms with E-state index >= 15 is 0 Å². The molecule has 0 aromatic heterocycles. The second-order valence-corrected chi connectivity index (χ2v) is 4.91. The van der Waals surface area contributed by atoms with Gasteiger partial charge >= 0.3 is 0 Å². The van der Waals surface area contributed by atoms with Crippen molar-refractivity contribution in [2.24, 2.45) is 10.9 Å². The number of ether oxygens (including phenoxy) is 1. The van der Waals surface area contributed by atoms with Gasteiger partial charge in [-0.05, 0) is 39.3 Å². The predicted molar refractivity (Wildman–Crippen MR) is 91.5 cm³/mol. The van der Waals surface area contributed by atoms with Gasteiger partial charge in [0, 0.05) is 33.3 Å². The smallest absolute Gasteiger partial charge is 0.191 e. The summed E-state index contributed by atoms with van der Waals surface area (Å²) in [7, 11) is 3.90. The van der Waals surface area contributed by atoms with E-state index in [9.17, 15) is 0 Å². The zero-order valence-corrected chi connectivity index (χ0v) is 14.8. The van der Waals surface area contributed by atoms with Gasteiger partial charge in [0.15, 0.2) is 5.96 Å². The van der Waals surface area contributed by atoms with E-state index in [1.54, 1.807) is 7.11 Å². The number of aliphatic imine (C=N–C) groups is 1. The summed E-state index contributed by atoms with van der Waals surface area (Å²) in [4.78, 5) is 7.05. The highest BCUT2D eigenvalue weighted by Crippen LogP contribution is 2.14. The van der Waals surface area contributed by atoms with E-state index in [4.69, 9.17) is 4.74 Å². The molecule has 1 atom stereocenters. The van der Waals surface area contributed by atoms with Gasteiger partial charge in [0.05, 0.1) is 6.61 Å². The normalized spacial score (nSPS) is 20.8. The number of halogens is 1. The molecule has 1 saturated heterocycles. The fraction of sp³-hybridized carbons (Fsp3) is 0.923. The summed E-state index contributed by atoms with van der Waals surface area (Å²) in [5, 5.41) is 6.53. The molecule has 6 heteroatoms. The third-order valence-electron chi connectivity index (χ3n) is 3.17. The van der Waals surface area contributed by atoms with Crippen molar-refractivity contribution in [2.75, 3.05) is 53.5 Å². The summed E-state index contributed by atoms with van der Waals surface area (Å²) < 4.78 is 5.03. The Balaban J connectivity index is 0.00000324. The van der Waals surface area contributed by atoms with Crippen LogP contribution < -0.4 is 10.6 Å². The summed E-state index contributed by atoms with van der Waals surface area (Å²) in [5.41, 5.74) is 0. The quantitative estimate of drug-likeness (QED) is 0.312. The van der Waals surface area contributed by atoms with Gasteiger partial charge < -0.3 is 20.3 Å². The second kappa shape index (κ2) is 11.7. The maximum Gasteiger partial charge on any atom is 0.191 e. The maximum atomic E-state index is 5.03. The summed E-state index contributed by atoms with van der Waals surface area (Å²) in [5.74, 6) is 1.60. The van der Waals surface area contributed by atoms with Crippen molar-refractivity contribution >= 4 is 29.9 Å². The van der Waals surface area contributed by atoms with Crippen molar-refractivity contribution in [2.45, 2.75) is 19.8 Å². The van der Waals surface area contributed by atoms with Crippen LogP contribution >= 0.6 is 24.0 Å². The first-order valence-corrected chi connectivity index (χ1v) is 6.96. The minimum atomic E-state index is 0. The molecule has 1 unspecified atom stereocenters. The Labute approximate surface area is 134 Å². The molecule has 0 aromatic carbocycles. The zero-order valence-electron chi connectivity index (χ0n) is 12.4. The molecule has 0 aromatic rings. The molecule has 0 bridgehead atoms. The van der Waals surface area contributed by atoms with Crippen LogP contribution in [0.3, 0.4) is 0 Å². The standard InChI is InChI=1S/C13H28N4O.HI/c1-4-14-13(15-7-9-18-3)16-10-12-6-5-8-17(2)11-12;/h12H,4-11H2,1-3H3,(H2,14,15,16);1H. The number of hydrogen-bond acceptors (Lipinski definition) is 3. The van der Waals surface area contributed by atoms with Crippen molar-refractivity contribution in [1.82, 2.24) is 15.5 Å². The highest BCUT2D eigenvalue weighted by atomic mass is 127. The Morgan fingerprint density at radius 3 is 2.84 bits per heavy atom. The van der Waals surface area contributed by atoms with Gasteiger partial charge in [-0.15, -0.1) is 24.0 Å². The zero-order chi connectivity index (χ0) is 13.2. The molecule has 114 valence electrons. The molecule has 0 saturated carbocycles. The number of nitrogens with zero attached hydrogens (tertiary/aromatic N) is 2. The largest absolute Gasteiger partial charge is 0.383 e. The van der Waals surface area contributed by atoms with Crippen LogP contribution in [-0.2, 0) is 4.74 Å². The fourth-order valence-corrected chi connectivity index (χ4v) is 2.26. The van der Waals surface area contributed by atoms with E-state index in [0.29, 0.717) is 12.5 Å². The molecule has 0 radical (unpaired) electrons. The van der Waals surface area contributed by atoms with Crippen molar-refractivity contribution in [1.29, 1.82) is 0 Å². The molecule has 1 heterocycles. The number of likely N-dealkylation sites (tertiary alicyclic amines) is 1. The number of hydrogen-bond donors (Lipinski definition) is 2. The Morgan fingerprint density at radius 1 is 1.42 bits per heavy atom. The highest BCUT2D eigenvalue weighted by molar-refractivity contribution is 14.0. The molecule has 1 fully saturated rings. The average Bonchev–Trinajstić information content (AvgIpc) is 2.36. The third-order valence-corrected chi connectivity index (χ3v) is 3.17. The number of methoxy groups -OCH3 is 1. The van der Waals surface area contributed by atoms with Crippen molar-refractivity contribution < 1.29 is 4.74 Å². The van der Waals surface area contributed by atoms with Gasteiger partial charge in [0.1, 0.15) is 0 Å². The topological polar surface area (TPSA) is 48.9 Å². The molecule has 19 heavy (non-hydrogen) atoms. The second-order valence-electron chi connectivity index (χ2n) is 4.91. The van der Waals surface area contributed by atoms with E-state index < -0.39 is 0 Å². The monoisotopic (exact) mass is 384 g/mol. The molecule has 5 nitrogen and oxygen atoms in total. The molecule has 2 N–H and O–H groups in total. The molecule has 0 spiro atoms. The van der Waals surface area contributed by atoms with Crippen LogP contribution in [0, 0.1) is 5.92 Å². The van der Waals surface area contributed by atoms with E-state index in [2.05, 4.69) is 34.5 Å². The Kier molecular flexibility index (Phi) is 11.7. The lowest BCUT2D eigenvalue weighted by molar-refractivity contribution is 0.203. The lowest BCUT2D eigenvalue weighted by atomic mass is 9.99. The highest BCUT2D eigenvalue weighted by Gasteiger charge is 2.16. The summed E-state index contributed by atoms with van der Waals surface area (Å²) in [6.07, 6.45) is 2.59. The molecule has 0 aliphatic carbocycles. The Morgan fingerprint density at radius 2 is 2.21 bits per heavy atom. The molecule has 1 aliphatic rings. The number of nitrogens with one attached hydrogen (secondary N) is 2. The molecular weight excluding hydrogens is 355 g/mol. The third kappa shape index (κ3) is 8.65. The van der Waals surface area contributed by atoms with Gasteiger partial charge in [-0.25, -0.2) is 0 Å². The minimum Gasteiger partial charge on any atom is -0.383 e. The minimum absolute atomic E-state index is 0. The van der Waals surface area contributed by atoms with Crippen molar-refractivity contribution in [3.05, 3.63) is 0 Å². The van der Waals surface area contributed by atoms with E-state index in [0.717, 1.165) is 25.6 Å². The lowest BCUT2D eigenvalue weighted by Crippen LogP contribution is -2.40. The van der Waals surface area contributed by atoms with Crippen molar-refractivity contribution in [3.8, 4) is 0 Å². The van der Waals surface area contributed by atoms with Crippen LogP contribution in [-0.4, -0.2) is 64.3 Å². The summed E-state index contributed by atoms with van der Waals surface area (Å²) in [6, 6.07) is 0. The molecule has 1 aliphatic heterocycles. The maximum absolute atomic E-state index is 5.03. The van der Waals surface area contributed by atoms with Crippen molar-refractivity contribution in [3.63, 3.8) is 0 Å². The van der Waals surface area contributed by atoms with Crippen LogP contribution in [0.2, 0.25) is 0 Å². The number of piperidine rings is 1. The van der Waals surface area contributed by atoms with Gasteiger partial charge in [0.2, 0.25) is 0 Å². The lowest BCUT2D eigenvalue weighted by Gasteiger charge is -2.28. The molecule has 0 amide bonds. The SMILES string of the molecule is CCNC(=NCC1CCCN(C)C1)NCCOC.I. The van der Waals surface area contributed by atoms with Crippen LogP contribution in [0.1, 0.15) is 19.8 Å². The van der Waals surface area contributed by atoms with Crippen LogP contribution in [0.25, 0.3) is 0 Å². The van der Waals surface area contributed by atoms with Gasteiger partial charge in [0.25, 0.3) is 0 Å². The Hall–Kier alpha value is -0.0800.